The lowest BCUT2D eigenvalue weighted by molar-refractivity contribution is 0.105. The summed E-state index contributed by atoms with van der Waals surface area (Å²) in [7, 11) is -7.17. The fraction of sp³-hybridized carbons (Fsp3) is 0.625. The summed E-state index contributed by atoms with van der Waals surface area (Å²) in [5, 5.41) is 0. The summed E-state index contributed by atoms with van der Waals surface area (Å²) in [5.74, 6) is 0. The van der Waals surface area contributed by atoms with E-state index in [9.17, 15) is 16.8 Å². The largest absolute Gasteiger partial charge is 0.378 e. The van der Waals surface area contributed by atoms with Gasteiger partial charge in [0.25, 0.3) is 0 Å². The molecular weight excluding hydrogens is 364 g/mol. The fourth-order valence-corrected chi connectivity index (χ4v) is 5.74. The van der Waals surface area contributed by atoms with Gasteiger partial charge in [-0.25, -0.2) is 21.6 Å². The highest BCUT2D eigenvalue weighted by molar-refractivity contribution is 7.89. The van der Waals surface area contributed by atoms with Crippen molar-refractivity contribution in [2.24, 2.45) is 0 Å². The quantitative estimate of drug-likeness (QED) is 0.760. The third-order valence-corrected chi connectivity index (χ3v) is 8.01. The predicted molar refractivity (Wildman–Crippen MR) is 93.2 cm³/mol. The third kappa shape index (κ3) is 4.40. The molecule has 2 aliphatic rings. The van der Waals surface area contributed by atoms with Crippen molar-refractivity contribution in [1.82, 2.24) is 9.03 Å². The molecule has 0 aromatic heterocycles. The van der Waals surface area contributed by atoms with Gasteiger partial charge < -0.3 is 4.74 Å². The van der Waals surface area contributed by atoms with Crippen LogP contribution >= 0.6 is 0 Å². The SMILES string of the molecule is O=S(=O)(NCC[C@@H]1CCCO1)c1ccc(S(=O)(=O)N2CCCC2)cc1. The van der Waals surface area contributed by atoms with Crippen LogP contribution in [0.3, 0.4) is 0 Å². The first kappa shape index (κ1) is 18.8. The van der Waals surface area contributed by atoms with Gasteiger partial charge >= 0.3 is 0 Å². The van der Waals surface area contributed by atoms with E-state index in [1.54, 1.807) is 0 Å². The molecular formula is C16H24N2O5S2. The van der Waals surface area contributed by atoms with E-state index in [0.717, 1.165) is 32.3 Å². The van der Waals surface area contributed by atoms with Crippen LogP contribution in [0.1, 0.15) is 32.1 Å². The third-order valence-electron chi connectivity index (χ3n) is 4.62. The molecule has 0 aliphatic carbocycles. The van der Waals surface area contributed by atoms with Gasteiger partial charge in [-0.15, -0.1) is 0 Å². The monoisotopic (exact) mass is 388 g/mol. The smallest absolute Gasteiger partial charge is 0.243 e. The van der Waals surface area contributed by atoms with E-state index in [1.165, 1.54) is 28.6 Å². The first-order chi connectivity index (χ1) is 11.9. The van der Waals surface area contributed by atoms with Gasteiger partial charge in [-0.3, -0.25) is 0 Å². The standard InChI is InChI=1S/C16H24N2O5S2/c19-24(20,17-10-9-14-4-3-13-23-14)15-5-7-16(8-6-15)25(21,22)18-11-1-2-12-18/h5-8,14,17H,1-4,9-13H2/t14-/m0/s1. The van der Waals surface area contributed by atoms with Gasteiger partial charge in [0.2, 0.25) is 20.0 Å². The molecule has 0 unspecified atom stereocenters. The molecule has 1 aromatic carbocycles. The summed E-state index contributed by atoms with van der Waals surface area (Å²) >= 11 is 0. The number of hydrogen-bond donors (Lipinski definition) is 1. The van der Waals surface area contributed by atoms with E-state index in [-0.39, 0.29) is 15.9 Å². The zero-order valence-corrected chi connectivity index (χ0v) is 15.7. The van der Waals surface area contributed by atoms with E-state index >= 15 is 0 Å². The molecule has 1 atom stereocenters. The van der Waals surface area contributed by atoms with E-state index < -0.39 is 20.0 Å². The molecule has 0 amide bonds. The van der Waals surface area contributed by atoms with Crippen molar-refractivity contribution in [1.29, 1.82) is 0 Å². The number of nitrogens with one attached hydrogen (secondary N) is 1. The number of hydrogen-bond acceptors (Lipinski definition) is 5. The Morgan fingerprint density at radius 3 is 2.24 bits per heavy atom. The highest BCUT2D eigenvalue weighted by Crippen LogP contribution is 2.22. The molecule has 0 spiro atoms. The first-order valence-corrected chi connectivity index (χ1v) is 11.5. The Labute approximate surface area is 149 Å². The van der Waals surface area contributed by atoms with Crippen LogP contribution in [0.4, 0.5) is 0 Å². The lowest BCUT2D eigenvalue weighted by atomic mass is 10.2. The number of nitrogens with zero attached hydrogens (tertiary/aromatic N) is 1. The summed E-state index contributed by atoms with van der Waals surface area (Å²) in [4.78, 5) is 0.202. The van der Waals surface area contributed by atoms with Crippen molar-refractivity contribution >= 4 is 20.0 Å². The number of ether oxygens (including phenoxy) is 1. The summed E-state index contributed by atoms with van der Waals surface area (Å²) in [6.07, 6.45) is 4.46. The van der Waals surface area contributed by atoms with E-state index in [4.69, 9.17) is 4.74 Å². The molecule has 2 saturated heterocycles. The molecule has 3 rings (SSSR count). The van der Waals surface area contributed by atoms with Crippen molar-refractivity contribution < 1.29 is 21.6 Å². The minimum atomic E-state index is -3.65. The van der Waals surface area contributed by atoms with Gasteiger partial charge in [0.15, 0.2) is 0 Å². The molecule has 0 bridgehead atoms. The van der Waals surface area contributed by atoms with Gasteiger partial charge in [0, 0.05) is 26.2 Å². The van der Waals surface area contributed by atoms with Crippen LogP contribution in [-0.2, 0) is 24.8 Å². The summed E-state index contributed by atoms with van der Waals surface area (Å²) in [6.45, 7) is 2.09. The van der Waals surface area contributed by atoms with E-state index in [2.05, 4.69) is 4.72 Å². The molecule has 1 N–H and O–H groups in total. The van der Waals surface area contributed by atoms with Gasteiger partial charge in [-0.05, 0) is 56.4 Å². The van der Waals surface area contributed by atoms with Crippen molar-refractivity contribution in [2.45, 2.75) is 48.0 Å². The molecule has 9 heteroatoms. The maximum absolute atomic E-state index is 12.5. The van der Waals surface area contributed by atoms with Crippen LogP contribution in [0.15, 0.2) is 34.1 Å². The van der Waals surface area contributed by atoms with Crippen molar-refractivity contribution in [3.63, 3.8) is 0 Å². The zero-order chi connectivity index (χ0) is 17.9. The van der Waals surface area contributed by atoms with Crippen LogP contribution in [0.25, 0.3) is 0 Å². The topological polar surface area (TPSA) is 92.8 Å². The van der Waals surface area contributed by atoms with Crippen molar-refractivity contribution in [3.05, 3.63) is 24.3 Å². The van der Waals surface area contributed by atoms with Gasteiger partial charge in [-0.2, -0.15) is 4.31 Å². The van der Waals surface area contributed by atoms with E-state index in [1.807, 2.05) is 0 Å². The average molecular weight is 389 g/mol. The summed E-state index contributed by atoms with van der Waals surface area (Å²) < 4.78 is 59.0. The average Bonchev–Trinajstić information content (AvgIpc) is 3.29. The molecule has 25 heavy (non-hydrogen) atoms. The van der Waals surface area contributed by atoms with Gasteiger partial charge in [0.1, 0.15) is 0 Å². The van der Waals surface area contributed by atoms with Crippen LogP contribution in [-0.4, -0.2) is 53.5 Å². The van der Waals surface area contributed by atoms with Gasteiger partial charge in [0.05, 0.1) is 15.9 Å². The maximum Gasteiger partial charge on any atom is 0.243 e. The Bertz CT molecular complexity index is 778. The fourth-order valence-electron chi connectivity index (χ4n) is 3.18. The Morgan fingerprint density at radius 2 is 1.64 bits per heavy atom. The first-order valence-electron chi connectivity index (χ1n) is 8.61. The van der Waals surface area contributed by atoms with Crippen LogP contribution in [0.2, 0.25) is 0 Å². The molecule has 0 radical (unpaired) electrons. The molecule has 1 aromatic rings. The highest BCUT2D eigenvalue weighted by atomic mass is 32.2. The second-order valence-electron chi connectivity index (χ2n) is 6.40. The predicted octanol–water partition coefficient (Wildman–Crippen LogP) is 1.32. The number of rotatable bonds is 7. The Morgan fingerprint density at radius 1 is 1.00 bits per heavy atom. The number of benzene rings is 1. The van der Waals surface area contributed by atoms with Crippen molar-refractivity contribution in [2.75, 3.05) is 26.2 Å². The molecule has 7 nitrogen and oxygen atoms in total. The summed E-state index contributed by atoms with van der Waals surface area (Å²) in [6, 6.07) is 5.42. The number of sulfonamides is 2. The normalized spacial score (nSPS) is 22.5. The van der Waals surface area contributed by atoms with Crippen molar-refractivity contribution in [3.8, 4) is 0 Å². The molecule has 140 valence electrons. The minimum absolute atomic E-state index is 0.0696. The molecule has 2 heterocycles. The highest BCUT2D eigenvalue weighted by Gasteiger charge is 2.27. The molecule has 0 saturated carbocycles. The van der Waals surface area contributed by atoms with Crippen LogP contribution in [0.5, 0.6) is 0 Å². The lowest BCUT2D eigenvalue weighted by Crippen LogP contribution is -2.28. The van der Waals surface area contributed by atoms with Gasteiger partial charge in [-0.1, -0.05) is 0 Å². The lowest BCUT2D eigenvalue weighted by Gasteiger charge is -2.16. The molecule has 2 aliphatic heterocycles. The molecule has 2 fully saturated rings. The Hall–Kier alpha value is -1.00. The Kier molecular flexibility index (Phi) is 5.79. The van der Waals surface area contributed by atoms with Crippen LogP contribution < -0.4 is 4.72 Å². The van der Waals surface area contributed by atoms with E-state index in [0.29, 0.717) is 26.1 Å². The minimum Gasteiger partial charge on any atom is -0.378 e. The summed E-state index contributed by atoms with van der Waals surface area (Å²) in [5.41, 5.74) is 0. The second-order valence-corrected chi connectivity index (χ2v) is 10.1. The van der Waals surface area contributed by atoms with Crippen LogP contribution in [0, 0.1) is 0 Å². The zero-order valence-electron chi connectivity index (χ0n) is 14.1. The second kappa shape index (κ2) is 7.71. The Balaban J connectivity index is 1.64. The maximum atomic E-state index is 12.5.